The van der Waals surface area contributed by atoms with E-state index in [1.165, 1.54) is 16.0 Å². The number of amides is 2. The Labute approximate surface area is 155 Å². The molecule has 0 bridgehead atoms. The van der Waals surface area contributed by atoms with Gasteiger partial charge in [-0.1, -0.05) is 36.4 Å². The summed E-state index contributed by atoms with van der Waals surface area (Å²) in [6.45, 7) is 8.02. The highest BCUT2D eigenvalue weighted by Gasteiger charge is 2.48. The van der Waals surface area contributed by atoms with Crippen molar-refractivity contribution >= 4 is 11.8 Å². The van der Waals surface area contributed by atoms with Gasteiger partial charge in [0.05, 0.1) is 11.8 Å². The summed E-state index contributed by atoms with van der Waals surface area (Å²) in [5, 5.41) is 0. The second-order valence-corrected chi connectivity index (χ2v) is 8.02. The maximum absolute atomic E-state index is 12.6. The van der Waals surface area contributed by atoms with Gasteiger partial charge in [0, 0.05) is 5.56 Å². The van der Waals surface area contributed by atoms with Crippen LogP contribution >= 0.6 is 0 Å². The molecule has 2 atom stereocenters. The zero-order chi connectivity index (χ0) is 18.1. The summed E-state index contributed by atoms with van der Waals surface area (Å²) in [5.41, 5.74) is 2.78. The van der Waals surface area contributed by atoms with Crippen LogP contribution in [-0.2, 0) is 16.1 Å². The number of nitrogens with zero attached hydrogens (tertiary/aromatic N) is 1. The van der Waals surface area contributed by atoms with Gasteiger partial charge < -0.3 is 9.80 Å². The van der Waals surface area contributed by atoms with Gasteiger partial charge in [0.2, 0.25) is 11.8 Å². The highest BCUT2D eigenvalue weighted by Crippen LogP contribution is 2.34. The lowest BCUT2D eigenvalue weighted by Gasteiger charge is -2.31. The molecule has 2 fully saturated rings. The Balaban J connectivity index is 1.31. The number of aryl methyl sites for hydroxylation is 1. The van der Waals surface area contributed by atoms with Crippen LogP contribution in [0.5, 0.6) is 0 Å². The fourth-order valence-corrected chi connectivity index (χ4v) is 4.62. The van der Waals surface area contributed by atoms with Crippen LogP contribution in [0.2, 0.25) is 0 Å². The van der Waals surface area contributed by atoms with Gasteiger partial charge in [0.25, 0.3) is 0 Å². The van der Waals surface area contributed by atoms with Crippen molar-refractivity contribution in [3.63, 3.8) is 0 Å². The number of benzene rings is 1. The quantitative estimate of drug-likeness (QED) is 0.548. The minimum absolute atomic E-state index is 0.0616. The molecule has 4 rings (SSSR count). The third-order valence-electron chi connectivity index (χ3n) is 6.35. The van der Waals surface area contributed by atoms with Crippen LogP contribution in [0, 0.1) is 18.8 Å². The van der Waals surface area contributed by atoms with Crippen LogP contribution in [-0.4, -0.2) is 49.6 Å². The van der Waals surface area contributed by atoms with Gasteiger partial charge in [0.15, 0.2) is 6.67 Å². The number of nitrogens with one attached hydrogen (secondary N) is 2. The molecule has 3 aliphatic rings. The summed E-state index contributed by atoms with van der Waals surface area (Å²) >= 11 is 0. The first-order chi connectivity index (χ1) is 12.6. The van der Waals surface area contributed by atoms with Crippen LogP contribution in [0.1, 0.15) is 24.0 Å². The number of rotatable bonds is 4. The van der Waals surface area contributed by atoms with Crippen molar-refractivity contribution in [1.82, 2.24) is 4.90 Å². The number of likely N-dealkylation sites (tertiary alicyclic amines) is 1. The van der Waals surface area contributed by atoms with Gasteiger partial charge in [-0.3, -0.25) is 9.59 Å². The monoisotopic (exact) mass is 355 g/mol. The molecule has 2 N–H and O–H groups in total. The van der Waals surface area contributed by atoms with E-state index < -0.39 is 0 Å². The molecule has 2 aliphatic heterocycles. The van der Waals surface area contributed by atoms with Gasteiger partial charge in [0.1, 0.15) is 32.7 Å². The molecule has 26 heavy (non-hydrogen) atoms. The molecular formula is C21H29N3O2+2. The Kier molecular flexibility index (Phi) is 4.92. The van der Waals surface area contributed by atoms with Crippen molar-refractivity contribution in [2.45, 2.75) is 26.3 Å². The largest absolute Gasteiger partial charge is 0.322 e. The second kappa shape index (κ2) is 7.33. The minimum Gasteiger partial charge on any atom is -0.322 e. The number of carbonyl (C=O) groups is 2. The summed E-state index contributed by atoms with van der Waals surface area (Å²) in [4.78, 5) is 29.8. The Morgan fingerprint density at radius 1 is 0.923 bits per heavy atom. The molecule has 2 amide bonds. The molecule has 1 aromatic carbocycles. The van der Waals surface area contributed by atoms with Gasteiger partial charge in [-0.25, -0.2) is 4.90 Å². The van der Waals surface area contributed by atoms with E-state index in [2.05, 4.69) is 43.3 Å². The molecule has 1 aliphatic carbocycles. The van der Waals surface area contributed by atoms with Crippen molar-refractivity contribution in [2.75, 3.05) is 32.8 Å². The van der Waals surface area contributed by atoms with Crippen LogP contribution < -0.4 is 9.80 Å². The molecule has 0 saturated carbocycles. The Bertz CT molecular complexity index is 696. The zero-order valence-corrected chi connectivity index (χ0v) is 15.5. The number of quaternary nitrogens is 2. The predicted molar refractivity (Wildman–Crippen MR) is 98.4 cm³/mol. The zero-order valence-electron chi connectivity index (χ0n) is 15.5. The summed E-state index contributed by atoms with van der Waals surface area (Å²) in [6, 6.07) is 8.60. The number of hydrogen-bond acceptors (Lipinski definition) is 2. The van der Waals surface area contributed by atoms with Gasteiger partial charge >= 0.3 is 0 Å². The topological polar surface area (TPSA) is 46.3 Å². The van der Waals surface area contributed by atoms with Crippen LogP contribution in [0.4, 0.5) is 0 Å². The Hall–Kier alpha value is -1.98. The number of hydrogen-bond donors (Lipinski definition) is 2. The third-order valence-corrected chi connectivity index (χ3v) is 6.35. The van der Waals surface area contributed by atoms with E-state index >= 15 is 0 Å². The highest BCUT2D eigenvalue weighted by atomic mass is 16.2. The third kappa shape index (κ3) is 3.33. The summed E-state index contributed by atoms with van der Waals surface area (Å²) in [7, 11) is 0. The van der Waals surface area contributed by atoms with E-state index in [1.54, 1.807) is 9.80 Å². The fraction of sp³-hybridized carbons (Fsp3) is 0.524. The SMILES string of the molecule is Cc1ccccc1C[NH+]1CC[NH+](CN2C(=O)[C@@H]3CC=CC[C@H]3C2=O)CC1. The average Bonchev–Trinajstić information content (AvgIpc) is 2.90. The number of imide groups is 1. The molecule has 5 nitrogen and oxygen atoms in total. The average molecular weight is 355 g/mol. The van der Waals surface area contributed by atoms with E-state index in [9.17, 15) is 9.59 Å². The fourth-order valence-electron chi connectivity index (χ4n) is 4.62. The van der Waals surface area contributed by atoms with E-state index in [-0.39, 0.29) is 23.7 Å². The van der Waals surface area contributed by atoms with Gasteiger partial charge in [-0.05, 0) is 25.3 Å². The molecule has 5 heteroatoms. The van der Waals surface area contributed by atoms with Crippen molar-refractivity contribution < 1.29 is 19.4 Å². The van der Waals surface area contributed by atoms with Crippen LogP contribution in [0.15, 0.2) is 36.4 Å². The Morgan fingerprint density at radius 2 is 1.50 bits per heavy atom. The first-order valence-electron chi connectivity index (χ1n) is 9.85. The molecule has 138 valence electrons. The first kappa shape index (κ1) is 17.4. The lowest BCUT2D eigenvalue weighted by atomic mass is 9.85. The molecule has 0 unspecified atom stereocenters. The second-order valence-electron chi connectivity index (χ2n) is 8.02. The number of piperazine rings is 1. The summed E-state index contributed by atoms with van der Waals surface area (Å²) in [5.74, 6) is -0.0715. The predicted octanol–water partition coefficient (Wildman–Crippen LogP) is -0.813. The van der Waals surface area contributed by atoms with Crippen LogP contribution in [0.25, 0.3) is 0 Å². The molecule has 0 radical (unpaired) electrons. The number of allylic oxidation sites excluding steroid dienone is 2. The maximum atomic E-state index is 12.6. The van der Waals surface area contributed by atoms with Crippen molar-refractivity contribution in [2.24, 2.45) is 11.8 Å². The van der Waals surface area contributed by atoms with Crippen LogP contribution in [0.3, 0.4) is 0 Å². The smallest absolute Gasteiger partial charge is 0.237 e. The summed E-state index contributed by atoms with van der Waals surface area (Å²) in [6.07, 6.45) is 5.57. The minimum atomic E-state index is -0.0973. The number of carbonyl (C=O) groups excluding carboxylic acids is 2. The standard InChI is InChI=1S/C21H27N3O2/c1-16-6-2-3-7-17(16)14-22-10-12-23(13-11-22)15-24-20(25)18-8-4-5-9-19(18)21(24)26/h2-7,18-19H,8-15H2,1H3/p+2/t18-,19-/m1/s1. The van der Waals surface area contributed by atoms with E-state index in [1.807, 2.05) is 0 Å². The normalized spacial score (nSPS) is 31.3. The highest BCUT2D eigenvalue weighted by molar-refractivity contribution is 6.05. The molecule has 0 aromatic heterocycles. The van der Waals surface area contributed by atoms with E-state index in [0.29, 0.717) is 6.67 Å². The van der Waals surface area contributed by atoms with Gasteiger partial charge in [-0.2, -0.15) is 0 Å². The maximum Gasteiger partial charge on any atom is 0.237 e. The molecule has 0 spiro atoms. The van der Waals surface area contributed by atoms with E-state index in [4.69, 9.17) is 0 Å². The molecule has 1 aromatic rings. The number of fused-ring (bicyclic) bond motifs is 1. The first-order valence-corrected chi connectivity index (χ1v) is 9.85. The molecular weight excluding hydrogens is 326 g/mol. The van der Waals surface area contributed by atoms with Crippen molar-refractivity contribution in [1.29, 1.82) is 0 Å². The molecule has 2 heterocycles. The van der Waals surface area contributed by atoms with Crippen molar-refractivity contribution in [3.05, 3.63) is 47.5 Å². The lowest BCUT2D eigenvalue weighted by molar-refractivity contribution is -1.02. The van der Waals surface area contributed by atoms with E-state index in [0.717, 1.165) is 45.6 Å². The van der Waals surface area contributed by atoms with Gasteiger partial charge in [-0.15, -0.1) is 0 Å². The Morgan fingerprint density at radius 3 is 2.12 bits per heavy atom. The van der Waals surface area contributed by atoms with Crippen molar-refractivity contribution in [3.8, 4) is 0 Å². The lowest BCUT2D eigenvalue weighted by Crippen LogP contribution is -3.28. The molecule has 2 saturated heterocycles. The summed E-state index contributed by atoms with van der Waals surface area (Å²) < 4.78 is 0.